The lowest BCUT2D eigenvalue weighted by molar-refractivity contribution is 0.351. The van der Waals surface area contributed by atoms with Crippen LogP contribution in [-0.2, 0) is 6.54 Å². The average Bonchev–Trinajstić information content (AvgIpc) is 2.90. The van der Waals surface area contributed by atoms with Crippen molar-refractivity contribution in [3.8, 4) is 0 Å². The summed E-state index contributed by atoms with van der Waals surface area (Å²) >= 11 is 0. The maximum absolute atomic E-state index is 3.75. The van der Waals surface area contributed by atoms with Gasteiger partial charge in [0.1, 0.15) is 0 Å². The molecule has 2 aliphatic carbocycles. The maximum Gasteiger partial charge on any atom is 0.0208 e. The van der Waals surface area contributed by atoms with Gasteiger partial charge in [-0.3, -0.25) is 0 Å². The maximum atomic E-state index is 3.75. The van der Waals surface area contributed by atoms with Gasteiger partial charge in [0.05, 0.1) is 0 Å². The van der Waals surface area contributed by atoms with Crippen molar-refractivity contribution in [1.82, 2.24) is 5.32 Å². The van der Waals surface area contributed by atoms with Crippen LogP contribution in [0.3, 0.4) is 0 Å². The van der Waals surface area contributed by atoms with Crippen LogP contribution in [-0.4, -0.2) is 6.04 Å². The highest BCUT2D eigenvalue weighted by molar-refractivity contribution is 5.21. The number of hydrogen-bond donors (Lipinski definition) is 1. The van der Waals surface area contributed by atoms with Gasteiger partial charge in [-0.1, -0.05) is 36.2 Å². The van der Waals surface area contributed by atoms with Gasteiger partial charge >= 0.3 is 0 Å². The Kier molecular flexibility index (Phi) is 2.72. The number of fused-ring (bicyclic) bond motifs is 2. The summed E-state index contributed by atoms with van der Waals surface area (Å²) in [6.07, 6.45) is 5.88. The second-order valence-electron chi connectivity index (χ2n) is 5.65. The lowest BCUT2D eigenvalue weighted by Crippen LogP contribution is -2.33. The Morgan fingerprint density at radius 1 is 1.12 bits per heavy atom. The van der Waals surface area contributed by atoms with Crippen molar-refractivity contribution in [2.45, 2.75) is 45.2 Å². The molecule has 0 radical (unpaired) electrons. The van der Waals surface area contributed by atoms with E-state index in [0.717, 1.165) is 24.4 Å². The fourth-order valence-corrected chi connectivity index (χ4v) is 3.45. The van der Waals surface area contributed by atoms with Crippen molar-refractivity contribution in [3.63, 3.8) is 0 Å². The molecule has 1 aromatic carbocycles. The minimum Gasteiger partial charge on any atom is -0.310 e. The monoisotopic (exact) mass is 215 g/mol. The van der Waals surface area contributed by atoms with Gasteiger partial charge in [-0.25, -0.2) is 0 Å². The van der Waals surface area contributed by atoms with E-state index in [1.54, 1.807) is 0 Å². The van der Waals surface area contributed by atoms with Gasteiger partial charge in [0.25, 0.3) is 0 Å². The second kappa shape index (κ2) is 4.21. The Balaban J connectivity index is 1.55. The van der Waals surface area contributed by atoms with Gasteiger partial charge in [-0.15, -0.1) is 0 Å². The van der Waals surface area contributed by atoms with E-state index in [0.29, 0.717) is 0 Å². The van der Waals surface area contributed by atoms with Crippen LogP contribution in [0.2, 0.25) is 0 Å². The summed E-state index contributed by atoms with van der Waals surface area (Å²) in [6.45, 7) is 3.20. The first-order valence-electron chi connectivity index (χ1n) is 6.60. The van der Waals surface area contributed by atoms with Crippen molar-refractivity contribution in [2.75, 3.05) is 0 Å². The second-order valence-corrected chi connectivity index (χ2v) is 5.65. The first-order chi connectivity index (χ1) is 7.81. The smallest absolute Gasteiger partial charge is 0.0208 e. The zero-order valence-corrected chi connectivity index (χ0v) is 10.1. The van der Waals surface area contributed by atoms with E-state index in [4.69, 9.17) is 0 Å². The lowest BCUT2D eigenvalue weighted by atomic mass is 9.95. The van der Waals surface area contributed by atoms with Crippen LogP contribution in [0, 0.1) is 18.8 Å². The van der Waals surface area contributed by atoms with E-state index < -0.39 is 0 Å². The summed E-state index contributed by atoms with van der Waals surface area (Å²) in [5, 5.41) is 3.75. The van der Waals surface area contributed by atoms with Gasteiger partial charge in [-0.05, 0) is 43.6 Å². The molecule has 1 nitrogen and oxygen atoms in total. The lowest BCUT2D eigenvalue weighted by Gasteiger charge is -2.23. The summed E-state index contributed by atoms with van der Waals surface area (Å²) in [4.78, 5) is 0. The summed E-state index contributed by atoms with van der Waals surface area (Å²) in [7, 11) is 0. The van der Waals surface area contributed by atoms with Crippen LogP contribution in [0.5, 0.6) is 0 Å². The quantitative estimate of drug-likeness (QED) is 0.816. The molecule has 2 fully saturated rings. The molecule has 0 spiro atoms. The number of nitrogens with one attached hydrogen (secondary N) is 1. The highest BCUT2D eigenvalue weighted by Gasteiger charge is 2.38. The molecule has 86 valence electrons. The predicted octanol–water partition coefficient (Wildman–Crippen LogP) is 3.27. The van der Waals surface area contributed by atoms with E-state index in [-0.39, 0.29) is 0 Å². The molecule has 0 heterocycles. The number of aryl methyl sites for hydroxylation is 1. The van der Waals surface area contributed by atoms with Crippen molar-refractivity contribution in [1.29, 1.82) is 0 Å². The zero-order valence-electron chi connectivity index (χ0n) is 10.1. The van der Waals surface area contributed by atoms with Crippen LogP contribution in [0.4, 0.5) is 0 Å². The van der Waals surface area contributed by atoms with Crippen LogP contribution in [0.15, 0.2) is 24.3 Å². The number of benzene rings is 1. The molecule has 0 amide bonds. The molecule has 1 heteroatoms. The van der Waals surface area contributed by atoms with Gasteiger partial charge < -0.3 is 5.32 Å². The highest BCUT2D eigenvalue weighted by atomic mass is 14.9. The molecule has 0 saturated heterocycles. The van der Waals surface area contributed by atoms with Crippen molar-refractivity contribution in [2.24, 2.45) is 11.8 Å². The first kappa shape index (κ1) is 10.3. The Morgan fingerprint density at radius 3 is 2.56 bits per heavy atom. The Morgan fingerprint density at radius 2 is 1.94 bits per heavy atom. The average molecular weight is 215 g/mol. The molecular weight excluding hydrogens is 194 g/mol. The normalized spacial score (nSPS) is 32.2. The Bertz CT molecular complexity index is 354. The summed E-state index contributed by atoms with van der Waals surface area (Å²) in [5.74, 6) is 2.02. The number of rotatable bonds is 3. The fourth-order valence-electron chi connectivity index (χ4n) is 3.45. The van der Waals surface area contributed by atoms with E-state index in [9.17, 15) is 0 Å². The third-order valence-electron chi connectivity index (χ3n) is 4.43. The topological polar surface area (TPSA) is 12.0 Å². The van der Waals surface area contributed by atoms with Crippen molar-refractivity contribution in [3.05, 3.63) is 35.4 Å². The van der Waals surface area contributed by atoms with Crippen LogP contribution >= 0.6 is 0 Å². The number of hydrogen-bond acceptors (Lipinski definition) is 1. The Hall–Kier alpha value is -0.820. The van der Waals surface area contributed by atoms with Crippen LogP contribution in [0.1, 0.15) is 36.8 Å². The molecule has 0 aromatic heterocycles. The molecule has 3 atom stereocenters. The molecular formula is C15H21N. The molecule has 1 aromatic rings. The summed E-state index contributed by atoms with van der Waals surface area (Å²) < 4.78 is 0. The zero-order chi connectivity index (χ0) is 11.0. The van der Waals surface area contributed by atoms with Crippen LogP contribution < -0.4 is 5.32 Å². The standard InChI is InChI=1S/C15H21N/c1-11-2-4-12(5-3-11)10-16-15-9-13-6-7-14(15)8-13/h2-5,13-16H,6-10H2,1H3. The van der Waals surface area contributed by atoms with E-state index in [1.807, 2.05) is 0 Å². The minimum absolute atomic E-state index is 0.806. The minimum atomic E-state index is 0.806. The van der Waals surface area contributed by atoms with Gasteiger partial charge in [0.15, 0.2) is 0 Å². The third-order valence-corrected chi connectivity index (χ3v) is 4.43. The van der Waals surface area contributed by atoms with Crippen LogP contribution in [0.25, 0.3) is 0 Å². The van der Waals surface area contributed by atoms with E-state index in [2.05, 4.69) is 36.5 Å². The highest BCUT2D eigenvalue weighted by Crippen LogP contribution is 2.44. The molecule has 2 bridgehead atoms. The van der Waals surface area contributed by atoms with E-state index >= 15 is 0 Å². The SMILES string of the molecule is Cc1ccc(CNC2CC3CCC2C3)cc1. The van der Waals surface area contributed by atoms with E-state index in [1.165, 1.54) is 36.8 Å². The third kappa shape index (κ3) is 2.01. The molecule has 1 N–H and O–H groups in total. The molecule has 0 aliphatic heterocycles. The molecule has 2 saturated carbocycles. The largest absolute Gasteiger partial charge is 0.310 e. The van der Waals surface area contributed by atoms with Gasteiger partial charge in [0.2, 0.25) is 0 Å². The van der Waals surface area contributed by atoms with Gasteiger partial charge in [0, 0.05) is 12.6 Å². The first-order valence-corrected chi connectivity index (χ1v) is 6.60. The molecule has 3 unspecified atom stereocenters. The van der Waals surface area contributed by atoms with Crippen molar-refractivity contribution < 1.29 is 0 Å². The predicted molar refractivity (Wildman–Crippen MR) is 67.3 cm³/mol. The molecule has 3 rings (SSSR count). The summed E-state index contributed by atoms with van der Waals surface area (Å²) in [6, 6.07) is 9.71. The summed E-state index contributed by atoms with van der Waals surface area (Å²) in [5.41, 5.74) is 2.78. The fraction of sp³-hybridized carbons (Fsp3) is 0.600. The molecule has 2 aliphatic rings. The van der Waals surface area contributed by atoms with Gasteiger partial charge in [-0.2, -0.15) is 0 Å². The van der Waals surface area contributed by atoms with Crippen molar-refractivity contribution >= 4 is 0 Å². The molecule has 16 heavy (non-hydrogen) atoms. The Labute approximate surface area is 98.3 Å².